The van der Waals surface area contributed by atoms with E-state index in [2.05, 4.69) is 14.9 Å². The number of hydrogen-bond acceptors (Lipinski definition) is 7. The molecule has 1 aromatic heterocycles. The SMILES string of the molecule is CC(C)[C@@H](NS(=O)(=O)c1ccccc1)c1nc(-c2ccc3c(c2)Sc2ccccc2C(=O)N3C)no1. The lowest BCUT2D eigenvalue weighted by Gasteiger charge is -2.18. The zero-order valence-corrected chi connectivity index (χ0v) is 21.5. The molecule has 10 heteroatoms. The zero-order valence-electron chi connectivity index (χ0n) is 19.9. The van der Waals surface area contributed by atoms with E-state index >= 15 is 0 Å². The first-order chi connectivity index (χ1) is 17.2. The van der Waals surface area contributed by atoms with Crippen molar-refractivity contribution >= 4 is 33.4 Å². The number of carbonyl (C=O) groups is 1. The normalized spacial score (nSPS) is 14.3. The molecule has 0 saturated heterocycles. The molecule has 1 aliphatic heterocycles. The molecule has 0 aliphatic carbocycles. The summed E-state index contributed by atoms with van der Waals surface area (Å²) in [5.41, 5.74) is 2.13. The van der Waals surface area contributed by atoms with Gasteiger partial charge >= 0.3 is 0 Å². The van der Waals surface area contributed by atoms with Gasteiger partial charge in [0.15, 0.2) is 0 Å². The Morgan fingerprint density at radius 2 is 1.69 bits per heavy atom. The van der Waals surface area contributed by atoms with Crippen LogP contribution in [0.1, 0.15) is 36.1 Å². The maximum absolute atomic E-state index is 12.9. The molecule has 0 saturated carbocycles. The molecule has 5 rings (SSSR count). The standard InChI is InChI=1S/C26H24N4O4S2/c1-16(2)23(29-36(32,33)18-9-5-4-6-10-18)25-27-24(28-34-25)17-13-14-20-22(15-17)35-21-12-8-7-11-19(21)26(31)30(20)3/h4-16,23,29H,1-3H3/t23-/m1/s1. The number of nitrogens with one attached hydrogen (secondary N) is 1. The van der Waals surface area contributed by atoms with Crippen LogP contribution < -0.4 is 9.62 Å². The third-order valence-corrected chi connectivity index (χ3v) is 8.51. The fourth-order valence-corrected chi connectivity index (χ4v) is 6.44. The van der Waals surface area contributed by atoms with Gasteiger partial charge in [-0.2, -0.15) is 9.71 Å². The molecule has 0 spiro atoms. The smallest absolute Gasteiger partial charge is 0.259 e. The predicted octanol–water partition coefficient (Wildman–Crippen LogP) is 5.15. The highest BCUT2D eigenvalue weighted by Gasteiger charge is 2.29. The van der Waals surface area contributed by atoms with Crippen LogP contribution in [-0.2, 0) is 10.0 Å². The Labute approximate surface area is 213 Å². The number of fused-ring (bicyclic) bond motifs is 2. The number of hydrogen-bond donors (Lipinski definition) is 1. The van der Waals surface area contributed by atoms with Gasteiger partial charge in [0.2, 0.25) is 21.7 Å². The van der Waals surface area contributed by atoms with Crippen LogP contribution in [0.3, 0.4) is 0 Å². The molecule has 184 valence electrons. The summed E-state index contributed by atoms with van der Waals surface area (Å²) < 4.78 is 34.1. The van der Waals surface area contributed by atoms with E-state index in [4.69, 9.17) is 4.52 Å². The summed E-state index contributed by atoms with van der Waals surface area (Å²) in [6.45, 7) is 3.76. The summed E-state index contributed by atoms with van der Waals surface area (Å²) in [5, 5.41) is 4.13. The van der Waals surface area contributed by atoms with Gasteiger partial charge in [-0.3, -0.25) is 4.79 Å². The highest BCUT2D eigenvalue weighted by atomic mass is 32.2. The number of amides is 1. The molecule has 1 atom stereocenters. The van der Waals surface area contributed by atoms with E-state index < -0.39 is 16.1 Å². The third-order valence-electron chi connectivity index (χ3n) is 5.93. The first-order valence-electron chi connectivity index (χ1n) is 11.3. The zero-order chi connectivity index (χ0) is 25.4. The van der Waals surface area contributed by atoms with Crippen molar-refractivity contribution in [2.75, 3.05) is 11.9 Å². The van der Waals surface area contributed by atoms with E-state index in [9.17, 15) is 13.2 Å². The van der Waals surface area contributed by atoms with Crippen LogP contribution in [0.5, 0.6) is 0 Å². The van der Waals surface area contributed by atoms with Crippen LogP contribution in [0.2, 0.25) is 0 Å². The van der Waals surface area contributed by atoms with E-state index in [0.717, 1.165) is 15.5 Å². The number of aromatic nitrogens is 2. The highest BCUT2D eigenvalue weighted by Crippen LogP contribution is 2.42. The number of anilines is 1. The largest absolute Gasteiger partial charge is 0.337 e. The van der Waals surface area contributed by atoms with Crippen molar-refractivity contribution < 1.29 is 17.7 Å². The summed E-state index contributed by atoms with van der Waals surface area (Å²) in [6.07, 6.45) is 0. The molecule has 0 unspecified atom stereocenters. The minimum Gasteiger partial charge on any atom is -0.337 e. The number of carbonyl (C=O) groups excluding carboxylic acids is 1. The van der Waals surface area contributed by atoms with Crippen LogP contribution in [0, 0.1) is 5.92 Å². The number of nitrogens with zero attached hydrogens (tertiary/aromatic N) is 3. The van der Waals surface area contributed by atoms with Crippen molar-refractivity contribution in [2.45, 2.75) is 34.6 Å². The first kappa shape index (κ1) is 24.2. The van der Waals surface area contributed by atoms with Gasteiger partial charge in [0.05, 0.1) is 16.1 Å². The van der Waals surface area contributed by atoms with Crippen molar-refractivity contribution in [1.82, 2.24) is 14.9 Å². The summed E-state index contributed by atoms with van der Waals surface area (Å²) in [7, 11) is -2.03. The fraction of sp³-hybridized carbons (Fsp3) is 0.192. The molecule has 1 N–H and O–H groups in total. The quantitative estimate of drug-likeness (QED) is 0.375. The second kappa shape index (κ2) is 9.53. The van der Waals surface area contributed by atoms with E-state index in [1.807, 2.05) is 56.3 Å². The minimum absolute atomic E-state index is 0.0723. The van der Waals surface area contributed by atoms with Gasteiger partial charge in [0, 0.05) is 22.4 Å². The molecule has 2 heterocycles. The van der Waals surface area contributed by atoms with Crippen molar-refractivity contribution in [3.8, 4) is 11.4 Å². The maximum Gasteiger partial charge on any atom is 0.259 e. The molecular weight excluding hydrogens is 496 g/mol. The first-order valence-corrected chi connectivity index (χ1v) is 13.6. The van der Waals surface area contributed by atoms with Gasteiger partial charge in [-0.15, -0.1) is 0 Å². The predicted molar refractivity (Wildman–Crippen MR) is 137 cm³/mol. The third kappa shape index (κ3) is 4.55. The van der Waals surface area contributed by atoms with Crippen LogP contribution in [0.15, 0.2) is 92.0 Å². The highest BCUT2D eigenvalue weighted by molar-refractivity contribution is 7.99. The molecule has 36 heavy (non-hydrogen) atoms. The molecule has 3 aromatic carbocycles. The molecule has 4 aromatic rings. The monoisotopic (exact) mass is 520 g/mol. The summed E-state index contributed by atoms with van der Waals surface area (Å²) >= 11 is 1.50. The molecule has 0 fully saturated rings. The lowest BCUT2D eigenvalue weighted by molar-refractivity contribution is 0.0990. The Morgan fingerprint density at radius 3 is 2.44 bits per heavy atom. The Morgan fingerprint density at radius 1 is 0.972 bits per heavy atom. The van der Waals surface area contributed by atoms with Gasteiger partial charge in [0.1, 0.15) is 6.04 Å². The lowest BCUT2D eigenvalue weighted by atomic mass is 10.1. The van der Waals surface area contributed by atoms with Crippen LogP contribution in [0.25, 0.3) is 11.4 Å². The summed E-state index contributed by atoms with van der Waals surface area (Å²) in [5.74, 6) is 0.302. The van der Waals surface area contributed by atoms with Crippen molar-refractivity contribution in [3.63, 3.8) is 0 Å². The molecule has 1 amide bonds. The fourth-order valence-electron chi connectivity index (χ4n) is 3.94. The van der Waals surface area contributed by atoms with Crippen LogP contribution in [0.4, 0.5) is 5.69 Å². The second-order valence-electron chi connectivity index (χ2n) is 8.76. The van der Waals surface area contributed by atoms with E-state index in [0.29, 0.717) is 17.0 Å². The average Bonchev–Trinajstić information content (AvgIpc) is 3.33. The van der Waals surface area contributed by atoms with Gasteiger partial charge in [0.25, 0.3) is 5.91 Å². The van der Waals surface area contributed by atoms with Crippen LogP contribution in [-0.4, -0.2) is 31.5 Å². The molecule has 1 aliphatic rings. The Bertz CT molecular complexity index is 1530. The van der Waals surface area contributed by atoms with Gasteiger partial charge in [-0.05, 0) is 48.4 Å². The molecular formula is C26H24N4O4S2. The van der Waals surface area contributed by atoms with Gasteiger partial charge in [-0.1, -0.05) is 61.1 Å². The maximum atomic E-state index is 12.9. The molecule has 0 radical (unpaired) electrons. The molecule has 8 nitrogen and oxygen atoms in total. The Kier molecular flexibility index (Phi) is 6.42. The molecule has 0 bridgehead atoms. The summed E-state index contributed by atoms with van der Waals surface area (Å²) in [6, 6.07) is 20.6. The van der Waals surface area contributed by atoms with E-state index in [-0.39, 0.29) is 22.6 Å². The Balaban J connectivity index is 1.47. The topological polar surface area (TPSA) is 105 Å². The number of sulfonamides is 1. The number of rotatable bonds is 6. The van der Waals surface area contributed by atoms with E-state index in [1.165, 1.54) is 23.9 Å². The van der Waals surface area contributed by atoms with Crippen LogP contribution >= 0.6 is 11.8 Å². The van der Waals surface area contributed by atoms with Gasteiger partial charge < -0.3 is 9.42 Å². The Hall–Kier alpha value is -3.47. The van der Waals surface area contributed by atoms with Crippen molar-refractivity contribution in [1.29, 1.82) is 0 Å². The van der Waals surface area contributed by atoms with Gasteiger partial charge in [-0.25, -0.2) is 8.42 Å². The average molecular weight is 521 g/mol. The lowest BCUT2D eigenvalue weighted by Crippen LogP contribution is -2.32. The van der Waals surface area contributed by atoms with Crippen molar-refractivity contribution in [2.24, 2.45) is 5.92 Å². The van der Waals surface area contributed by atoms with Crippen molar-refractivity contribution in [3.05, 3.63) is 84.3 Å². The number of benzene rings is 3. The minimum atomic E-state index is -3.78. The second-order valence-corrected chi connectivity index (χ2v) is 11.6. The summed E-state index contributed by atoms with van der Waals surface area (Å²) in [4.78, 5) is 21.0. The van der Waals surface area contributed by atoms with E-state index in [1.54, 1.807) is 30.1 Å².